The zero-order valence-corrected chi connectivity index (χ0v) is 21.6. The maximum absolute atomic E-state index is 13.9. The predicted molar refractivity (Wildman–Crippen MR) is 137 cm³/mol. The van der Waals surface area contributed by atoms with Gasteiger partial charge in [0, 0.05) is 10.3 Å². The molecule has 0 spiro atoms. The van der Waals surface area contributed by atoms with Crippen molar-refractivity contribution < 1.29 is 36.6 Å². The summed E-state index contributed by atoms with van der Waals surface area (Å²) in [6.07, 6.45) is 5.60. The monoisotopic (exact) mass is 547 g/mol. The van der Waals surface area contributed by atoms with Crippen LogP contribution in [0.1, 0.15) is 36.7 Å². The molecular formula is C28H25F4NO4S. The fraction of sp³-hybridized carbons (Fsp3) is 0.286. The molecule has 0 heterocycles. The highest BCUT2D eigenvalue weighted by Crippen LogP contribution is 2.37. The van der Waals surface area contributed by atoms with E-state index in [1.165, 1.54) is 54.6 Å². The van der Waals surface area contributed by atoms with Gasteiger partial charge in [0.2, 0.25) is 0 Å². The average molecular weight is 548 g/mol. The Kier molecular flexibility index (Phi) is 8.94. The van der Waals surface area contributed by atoms with Crippen LogP contribution in [-0.2, 0) is 16.1 Å². The van der Waals surface area contributed by atoms with Crippen LogP contribution in [-0.4, -0.2) is 30.0 Å². The Hall–Kier alpha value is -3.71. The minimum Gasteiger partial charge on any atom is -0.487 e. The molecule has 0 aliphatic heterocycles. The number of carbonyl (C=O) groups is 2. The van der Waals surface area contributed by atoms with E-state index in [0.29, 0.717) is 16.3 Å². The van der Waals surface area contributed by atoms with Crippen molar-refractivity contribution in [1.29, 1.82) is 0 Å². The van der Waals surface area contributed by atoms with Gasteiger partial charge < -0.3 is 14.8 Å². The lowest BCUT2D eigenvalue weighted by atomic mass is 9.85. The number of carbonyl (C=O) groups excluding carboxylic acids is 2. The van der Waals surface area contributed by atoms with Crippen LogP contribution < -0.4 is 10.1 Å². The van der Waals surface area contributed by atoms with Crippen molar-refractivity contribution >= 4 is 34.4 Å². The van der Waals surface area contributed by atoms with Crippen LogP contribution in [0.5, 0.6) is 5.75 Å². The summed E-state index contributed by atoms with van der Waals surface area (Å²) < 4.78 is 62.8. The van der Waals surface area contributed by atoms with E-state index in [-0.39, 0.29) is 41.2 Å². The molecule has 3 aromatic rings. The summed E-state index contributed by atoms with van der Waals surface area (Å²) >= 11 is -0.232. The number of hydrogen-bond donors (Lipinski definition) is 1. The Morgan fingerprint density at radius 3 is 2.37 bits per heavy atom. The van der Waals surface area contributed by atoms with Gasteiger partial charge in [-0.2, -0.15) is 13.2 Å². The van der Waals surface area contributed by atoms with Crippen LogP contribution in [0.25, 0.3) is 10.8 Å². The van der Waals surface area contributed by atoms with Gasteiger partial charge in [0.1, 0.15) is 24.2 Å². The summed E-state index contributed by atoms with van der Waals surface area (Å²) in [6.45, 7) is 4.84. The fourth-order valence-corrected chi connectivity index (χ4v) is 4.14. The Balaban J connectivity index is 1.95. The first kappa shape index (κ1) is 28.9. The number of halogens is 4. The predicted octanol–water partition coefficient (Wildman–Crippen LogP) is 6.49. The second-order valence-corrected chi connectivity index (χ2v) is 9.95. The van der Waals surface area contributed by atoms with Crippen LogP contribution >= 0.6 is 11.8 Å². The number of fused-ring (bicyclic) bond motifs is 1. The maximum Gasteiger partial charge on any atom is 0.446 e. The second kappa shape index (κ2) is 11.8. The molecule has 0 fully saturated rings. The summed E-state index contributed by atoms with van der Waals surface area (Å²) in [4.78, 5) is 26.0. The SMILES string of the molecule is C#CC(C)(C)[C@H](NC(=O)c1ccc2cc(F)ccc2c1OCc1ccc(SC(F)(F)F)cc1)C(=O)OCC. The quantitative estimate of drug-likeness (QED) is 0.144. The maximum atomic E-state index is 13.9. The van der Waals surface area contributed by atoms with E-state index in [0.717, 1.165) is 0 Å². The van der Waals surface area contributed by atoms with Gasteiger partial charge in [-0.05, 0) is 79.9 Å². The molecule has 1 atom stereocenters. The van der Waals surface area contributed by atoms with Crippen LogP contribution in [0.15, 0.2) is 59.5 Å². The number of hydrogen-bond acceptors (Lipinski definition) is 5. The summed E-state index contributed by atoms with van der Waals surface area (Å²) in [6, 6.07) is 11.3. The molecule has 1 N–H and O–H groups in total. The number of terminal acetylenes is 1. The van der Waals surface area contributed by atoms with E-state index in [2.05, 4.69) is 11.2 Å². The zero-order chi connectivity index (χ0) is 28.1. The highest BCUT2D eigenvalue weighted by molar-refractivity contribution is 8.00. The van der Waals surface area contributed by atoms with Gasteiger partial charge in [-0.1, -0.05) is 24.1 Å². The summed E-state index contributed by atoms with van der Waals surface area (Å²) in [5, 5.41) is 3.51. The highest BCUT2D eigenvalue weighted by Gasteiger charge is 2.37. The summed E-state index contributed by atoms with van der Waals surface area (Å²) in [5.41, 5.74) is -4.90. The minimum atomic E-state index is -4.41. The highest BCUT2D eigenvalue weighted by atomic mass is 32.2. The molecule has 5 nitrogen and oxygen atoms in total. The van der Waals surface area contributed by atoms with Crippen LogP contribution in [0.3, 0.4) is 0 Å². The van der Waals surface area contributed by atoms with Crippen LogP contribution in [0.4, 0.5) is 17.6 Å². The standard InChI is InChI=1S/C28H25F4NO4S/c1-5-27(3,4)24(26(35)36-6-2)33-25(34)22-13-9-18-15-19(29)10-14-21(18)23(22)37-16-17-7-11-20(12-8-17)38-28(30,31)32/h1,7-15,24H,6,16H2,2-4H3,(H,33,34)/t24-/m1/s1. The molecule has 0 unspecified atom stereocenters. The van der Waals surface area contributed by atoms with Crippen LogP contribution in [0.2, 0.25) is 0 Å². The van der Waals surface area contributed by atoms with Crippen molar-refractivity contribution in [2.24, 2.45) is 5.41 Å². The molecule has 0 aliphatic carbocycles. The third kappa shape index (κ3) is 7.19. The first-order valence-electron chi connectivity index (χ1n) is 11.5. The number of thioether (sulfide) groups is 1. The van der Waals surface area contributed by atoms with Crippen molar-refractivity contribution in [2.45, 2.75) is 43.8 Å². The van der Waals surface area contributed by atoms with Gasteiger partial charge >= 0.3 is 11.5 Å². The Morgan fingerprint density at radius 2 is 1.76 bits per heavy atom. The van der Waals surface area contributed by atoms with E-state index in [9.17, 15) is 27.2 Å². The van der Waals surface area contributed by atoms with Crippen molar-refractivity contribution in [2.75, 3.05) is 6.61 Å². The molecule has 38 heavy (non-hydrogen) atoms. The zero-order valence-electron chi connectivity index (χ0n) is 20.8. The Bertz CT molecular complexity index is 1360. The molecule has 10 heteroatoms. The molecule has 3 rings (SSSR count). The number of esters is 1. The molecule has 0 saturated heterocycles. The van der Waals surface area contributed by atoms with Gasteiger partial charge in [0.05, 0.1) is 17.6 Å². The lowest BCUT2D eigenvalue weighted by Gasteiger charge is -2.28. The number of alkyl halides is 3. The lowest BCUT2D eigenvalue weighted by Crippen LogP contribution is -2.50. The van der Waals surface area contributed by atoms with E-state index >= 15 is 0 Å². The second-order valence-electron chi connectivity index (χ2n) is 8.81. The van der Waals surface area contributed by atoms with Gasteiger partial charge in [-0.25, -0.2) is 9.18 Å². The number of rotatable bonds is 9. The molecule has 0 radical (unpaired) electrons. The van der Waals surface area contributed by atoms with Gasteiger partial charge in [0.25, 0.3) is 5.91 Å². The molecule has 0 saturated carbocycles. The van der Waals surface area contributed by atoms with Crippen molar-refractivity contribution in [1.82, 2.24) is 5.32 Å². The summed E-state index contributed by atoms with van der Waals surface area (Å²) in [5.74, 6) is 0.731. The minimum absolute atomic E-state index is 0.0167. The first-order valence-corrected chi connectivity index (χ1v) is 12.3. The molecule has 1 amide bonds. The first-order chi connectivity index (χ1) is 17.8. The number of ether oxygens (including phenoxy) is 2. The van der Waals surface area contributed by atoms with Crippen molar-refractivity contribution in [3.63, 3.8) is 0 Å². The topological polar surface area (TPSA) is 64.6 Å². The van der Waals surface area contributed by atoms with E-state index in [1.807, 2.05) is 0 Å². The number of nitrogens with one attached hydrogen (secondary N) is 1. The van der Waals surface area contributed by atoms with E-state index in [1.54, 1.807) is 20.8 Å². The van der Waals surface area contributed by atoms with Crippen molar-refractivity contribution in [3.05, 3.63) is 71.5 Å². The Labute approximate surface area is 221 Å². The third-order valence-electron chi connectivity index (χ3n) is 5.61. The largest absolute Gasteiger partial charge is 0.487 e. The van der Waals surface area contributed by atoms with Gasteiger partial charge in [-0.15, -0.1) is 6.42 Å². The molecule has 3 aromatic carbocycles. The normalized spacial score (nSPS) is 12.5. The molecule has 200 valence electrons. The smallest absolute Gasteiger partial charge is 0.446 e. The average Bonchev–Trinajstić information content (AvgIpc) is 2.85. The number of benzene rings is 3. The van der Waals surface area contributed by atoms with Crippen LogP contribution in [0, 0.1) is 23.6 Å². The third-order valence-corrected chi connectivity index (χ3v) is 6.35. The van der Waals surface area contributed by atoms with Crippen molar-refractivity contribution in [3.8, 4) is 18.1 Å². The summed E-state index contributed by atoms with van der Waals surface area (Å²) in [7, 11) is 0. The van der Waals surface area contributed by atoms with E-state index < -0.39 is 34.7 Å². The molecular weight excluding hydrogens is 522 g/mol. The van der Waals surface area contributed by atoms with Gasteiger partial charge in [0.15, 0.2) is 0 Å². The fourth-order valence-electron chi connectivity index (χ4n) is 3.60. The number of amides is 1. The van der Waals surface area contributed by atoms with E-state index in [4.69, 9.17) is 15.9 Å². The van der Waals surface area contributed by atoms with Gasteiger partial charge in [-0.3, -0.25) is 4.79 Å². The molecule has 0 bridgehead atoms. The molecule has 0 aromatic heterocycles. The lowest BCUT2D eigenvalue weighted by molar-refractivity contribution is -0.147. The molecule has 0 aliphatic rings. The Morgan fingerprint density at radius 1 is 1.08 bits per heavy atom.